The summed E-state index contributed by atoms with van der Waals surface area (Å²) in [5.74, 6) is -2.49. The fourth-order valence-corrected chi connectivity index (χ4v) is 2.65. The predicted molar refractivity (Wildman–Crippen MR) is 93.5 cm³/mol. The first-order valence-corrected chi connectivity index (χ1v) is 8.26. The molecule has 29 heavy (non-hydrogen) atoms. The smallest absolute Gasteiger partial charge is 0.418 e. The zero-order valence-corrected chi connectivity index (χ0v) is 14.7. The lowest BCUT2D eigenvalue weighted by Gasteiger charge is -2.25. The molecule has 0 saturated heterocycles. The molecule has 7 nitrogen and oxygen atoms in total. The lowest BCUT2D eigenvalue weighted by atomic mass is 9.93. The van der Waals surface area contributed by atoms with E-state index >= 15 is 0 Å². The molecule has 0 aliphatic rings. The zero-order chi connectivity index (χ0) is 21.1. The van der Waals surface area contributed by atoms with Crippen molar-refractivity contribution in [2.45, 2.75) is 11.8 Å². The molecule has 0 aliphatic heterocycles. The van der Waals surface area contributed by atoms with Crippen LogP contribution in [0.2, 0.25) is 0 Å². The van der Waals surface area contributed by atoms with Gasteiger partial charge in [0.2, 0.25) is 0 Å². The SMILES string of the molecule is O=C(NC[C@@](O)(c1ccoc1)c1ccco1)C(=O)Nc1ccccc1C(F)(F)F. The van der Waals surface area contributed by atoms with Crippen molar-refractivity contribution in [3.63, 3.8) is 0 Å². The third kappa shape index (κ3) is 4.32. The van der Waals surface area contributed by atoms with Crippen LogP contribution in [0.5, 0.6) is 0 Å². The minimum atomic E-state index is -4.71. The van der Waals surface area contributed by atoms with E-state index in [0.29, 0.717) is 0 Å². The number of amides is 2. The minimum Gasteiger partial charge on any atom is -0.472 e. The van der Waals surface area contributed by atoms with Gasteiger partial charge in [-0.25, -0.2) is 0 Å². The lowest BCUT2D eigenvalue weighted by molar-refractivity contribution is -0.138. The Hall–Kier alpha value is -3.53. The van der Waals surface area contributed by atoms with Gasteiger partial charge in [0.15, 0.2) is 5.60 Å². The number of aliphatic hydroxyl groups is 1. The Morgan fingerprint density at radius 1 is 1.00 bits per heavy atom. The van der Waals surface area contributed by atoms with Crippen LogP contribution in [0.25, 0.3) is 0 Å². The number of anilines is 1. The van der Waals surface area contributed by atoms with Crippen LogP contribution in [0, 0.1) is 0 Å². The van der Waals surface area contributed by atoms with Crippen molar-refractivity contribution >= 4 is 17.5 Å². The molecule has 3 N–H and O–H groups in total. The van der Waals surface area contributed by atoms with Crippen molar-refractivity contribution in [1.29, 1.82) is 0 Å². The summed E-state index contributed by atoms with van der Waals surface area (Å²) in [6, 6.07) is 8.67. The molecule has 152 valence electrons. The van der Waals surface area contributed by atoms with E-state index < -0.39 is 41.4 Å². The van der Waals surface area contributed by atoms with Crippen LogP contribution in [-0.2, 0) is 21.4 Å². The molecule has 3 aromatic rings. The Morgan fingerprint density at radius 2 is 1.76 bits per heavy atom. The van der Waals surface area contributed by atoms with E-state index in [4.69, 9.17) is 8.83 Å². The molecule has 1 aromatic carbocycles. The third-order valence-electron chi connectivity index (χ3n) is 4.12. The van der Waals surface area contributed by atoms with E-state index in [1.807, 2.05) is 5.32 Å². The van der Waals surface area contributed by atoms with Gasteiger partial charge in [-0.15, -0.1) is 0 Å². The van der Waals surface area contributed by atoms with Gasteiger partial charge in [-0.1, -0.05) is 12.1 Å². The first kappa shape index (κ1) is 20.2. The van der Waals surface area contributed by atoms with E-state index in [-0.39, 0.29) is 11.3 Å². The van der Waals surface area contributed by atoms with Crippen LogP contribution >= 0.6 is 0 Å². The first-order chi connectivity index (χ1) is 13.7. The molecule has 0 unspecified atom stereocenters. The maximum Gasteiger partial charge on any atom is 0.418 e. The molecule has 0 fully saturated rings. The van der Waals surface area contributed by atoms with Crippen molar-refractivity contribution < 1.29 is 36.7 Å². The molecule has 10 heteroatoms. The van der Waals surface area contributed by atoms with E-state index in [9.17, 15) is 27.9 Å². The van der Waals surface area contributed by atoms with Crippen LogP contribution in [0.15, 0.2) is 70.1 Å². The average Bonchev–Trinajstić information content (AvgIpc) is 3.39. The van der Waals surface area contributed by atoms with Gasteiger partial charge in [-0.3, -0.25) is 9.59 Å². The summed E-state index contributed by atoms with van der Waals surface area (Å²) in [7, 11) is 0. The van der Waals surface area contributed by atoms with Gasteiger partial charge >= 0.3 is 18.0 Å². The monoisotopic (exact) mass is 408 g/mol. The van der Waals surface area contributed by atoms with Gasteiger partial charge in [0.1, 0.15) is 5.76 Å². The van der Waals surface area contributed by atoms with Crippen LogP contribution in [0.4, 0.5) is 18.9 Å². The second-order valence-corrected chi connectivity index (χ2v) is 6.03. The van der Waals surface area contributed by atoms with Crippen molar-refractivity contribution in [3.8, 4) is 0 Å². The van der Waals surface area contributed by atoms with Crippen molar-refractivity contribution in [2.24, 2.45) is 0 Å². The Balaban J connectivity index is 1.73. The number of halogens is 3. The molecule has 0 radical (unpaired) electrons. The topological polar surface area (TPSA) is 105 Å². The highest BCUT2D eigenvalue weighted by atomic mass is 19.4. The third-order valence-corrected chi connectivity index (χ3v) is 4.12. The maximum absolute atomic E-state index is 13.0. The van der Waals surface area contributed by atoms with E-state index in [1.54, 1.807) is 0 Å². The number of carbonyl (C=O) groups excluding carboxylic acids is 2. The molecule has 0 aliphatic carbocycles. The molecule has 3 rings (SSSR count). The summed E-state index contributed by atoms with van der Waals surface area (Å²) < 4.78 is 49.2. The number of nitrogens with one attached hydrogen (secondary N) is 2. The standard InChI is InChI=1S/C19H15F3N2O5/c20-19(21,22)13-4-1-2-5-14(13)24-17(26)16(25)23-11-18(27,12-7-9-28-10-12)15-6-3-8-29-15/h1-10,27H,11H2,(H,23,25)(H,24,26)/t18-/m1/s1. The Labute approximate surface area is 162 Å². The summed E-state index contributed by atoms with van der Waals surface area (Å²) in [6.07, 6.45) is -0.871. The summed E-state index contributed by atoms with van der Waals surface area (Å²) in [5, 5.41) is 15.1. The molecular weight excluding hydrogens is 393 g/mol. The second-order valence-electron chi connectivity index (χ2n) is 6.03. The predicted octanol–water partition coefficient (Wildman–Crippen LogP) is 2.88. The van der Waals surface area contributed by atoms with Crippen molar-refractivity contribution in [2.75, 3.05) is 11.9 Å². The van der Waals surface area contributed by atoms with E-state index in [2.05, 4.69) is 5.32 Å². The molecule has 2 amide bonds. The molecule has 2 heterocycles. The second kappa shape index (κ2) is 7.84. The average molecular weight is 408 g/mol. The summed E-state index contributed by atoms with van der Waals surface area (Å²) in [6.45, 7) is -0.493. The summed E-state index contributed by atoms with van der Waals surface area (Å²) in [4.78, 5) is 24.2. The Bertz CT molecular complexity index is 947. The van der Waals surface area contributed by atoms with Gasteiger partial charge in [0, 0.05) is 5.56 Å². The van der Waals surface area contributed by atoms with Crippen LogP contribution in [-0.4, -0.2) is 23.5 Å². The number of para-hydroxylation sites is 1. The Kier molecular flexibility index (Phi) is 5.46. The van der Waals surface area contributed by atoms with Crippen LogP contribution in [0.1, 0.15) is 16.9 Å². The largest absolute Gasteiger partial charge is 0.472 e. The fourth-order valence-electron chi connectivity index (χ4n) is 2.65. The normalized spacial score (nSPS) is 13.5. The number of carbonyl (C=O) groups is 2. The molecule has 2 aromatic heterocycles. The van der Waals surface area contributed by atoms with Crippen molar-refractivity contribution in [3.05, 3.63) is 78.1 Å². The number of benzene rings is 1. The highest BCUT2D eigenvalue weighted by Crippen LogP contribution is 2.34. The van der Waals surface area contributed by atoms with E-state index in [1.165, 1.54) is 43.1 Å². The molecular formula is C19H15F3N2O5. The van der Waals surface area contributed by atoms with Gasteiger partial charge in [0.05, 0.1) is 36.6 Å². The highest BCUT2D eigenvalue weighted by Gasteiger charge is 2.37. The molecule has 1 atom stereocenters. The quantitative estimate of drug-likeness (QED) is 0.563. The minimum absolute atomic E-state index is 0.0713. The number of hydrogen-bond acceptors (Lipinski definition) is 5. The summed E-state index contributed by atoms with van der Waals surface area (Å²) >= 11 is 0. The van der Waals surface area contributed by atoms with Crippen LogP contribution in [0.3, 0.4) is 0 Å². The van der Waals surface area contributed by atoms with Gasteiger partial charge in [-0.2, -0.15) is 13.2 Å². The number of hydrogen-bond donors (Lipinski definition) is 3. The molecule has 0 bridgehead atoms. The highest BCUT2D eigenvalue weighted by molar-refractivity contribution is 6.39. The Morgan fingerprint density at radius 3 is 2.38 bits per heavy atom. The fraction of sp³-hybridized carbons (Fsp3) is 0.158. The number of furan rings is 2. The van der Waals surface area contributed by atoms with E-state index in [0.717, 1.165) is 18.2 Å². The summed E-state index contributed by atoms with van der Waals surface area (Å²) in [5.41, 5.74) is -3.26. The van der Waals surface area contributed by atoms with Crippen LogP contribution < -0.4 is 10.6 Å². The van der Waals surface area contributed by atoms with Gasteiger partial charge in [-0.05, 0) is 30.3 Å². The molecule has 0 saturated carbocycles. The van der Waals surface area contributed by atoms with Crippen molar-refractivity contribution in [1.82, 2.24) is 5.32 Å². The van der Waals surface area contributed by atoms with Gasteiger partial charge < -0.3 is 24.6 Å². The molecule has 0 spiro atoms. The number of alkyl halides is 3. The maximum atomic E-state index is 13.0. The zero-order valence-electron chi connectivity index (χ0n) is 14.7. The lowest BCUT2D eigenvalue weighted by Crippen LogP contribution is -2.45. The number of rotatable bonds is 5. The first-order valence-electron chi connectivity index (χ1n) is 8.26. The van der Waals surface area contributed by atoms with Gasteiger partial charge in [0.25, 0.3) is 0 Å².